The van der Waals surface area contributed by atoms with E-state index in [4.69, 9.17) is 14.9 Å². The van der Waals surface area contributed by atoms with Crippen LogP contribution in [0.3, 0.4) is 0 Å². The predicted octanol–water partition coefficient (Wildman–Crippen LogP) is 0.631. The lowest BCUT2D eigenvalue weighted by atomic mass is 9.95. The van der Waals surface area contributed by atoms with Crippen molar-refractivity contribution < 1.29 is 9.15 Å². The van der Waals surface area contributed by atoms with E-state index in [9.17, 15) is 0 Å². The summed E-state index contributed by atoms with van der Waals surface area (Å²) in [4.78, 5) is 0. The summed E-state index contributed by atoms with van der Waals surface area (Å²) in [5.74, 6) is 0. The normalized spacial score (nSPS) is 32.0. The first-order valence-corrected chi connectivity index (χ1v) is 4.59. The Balaban J connectivity index is 2.10. The molecule has 1 aromatic heterocycles. The lowest BCUT2D eigenvalue weighted by Gasteiger charge is -2.27. The van der Waals surface area contributed by atoms with Gasteiger partial charge in [0.15, 0.2) is 0 Å². The fourth-order valence-corrected chi connectivity index (χ4v) is 1.53. The summed E-state index contributed by atoms with van der Waals surface area (Å²) in [5.41, 5.74) is 5.17. The molecule has 2 unspecified atom stereocenters. The molecule has 0 aromatic carbocycles. The van der Waals surface area contributed by atoms with Crippen molar-refractivity contribution in [3.8, 4) is 0 Å². The van der Waals surface area contributed by atoms with Crippen LogP contribution >= 0.6 is 0 Å². The van der Waals surface area contributed by atoms with Crippen LogP contribution < -0.4 is 11.1 Å². The molecule has 3 N–H and O–H groups in total. The topological polar surface area (TPSA) is 86.2 Å². The van der Waals surface area contributed by atoms with Crippen LogP contribution in [-0.2, 0) is 4.74 Å². The molecule has 0 saturated carbocycles. The first kappa shape index (κ1) is 9.26. The standard InChI is InChI=1S/C8H14N4O2/c1-5-8(2,3-4-13-5)10-7-12-11-6(9)14-7/h5H,3-4H2,1-2H3,(H2,9,11)(H,10,12). The molecule has 2 atom stereocenters. The Morgan fingerprint density at radius 1 is 1.57 bits per heavy atom. The van der Waals surface area contributed by atoms with Gasteiger partial charge in [-0.1, -0.05) is 10.2 Å². The number of nitrogens with two attached hydrogens (primary N) is 1. The van der Waals surface area contributed by atoms with E-state index in [2.05, 4.69) is 22.4 Å². The average molecular weight is 198 g/mol. The Bertz CT molecular complexity index is 327. The second-order valence-corrected chi connectivity index (χ2v) is 3.75. The minimum Gasteiger partial charge on any atom is -0.390 e. The fraction of sp³-hybridized carbons (Fsp3) is 0.750. The molecule has 0 amide bonds. The number of hydrogen-bond acceptors (Lipinski definition) is 6. The molecule has 1 fully saturated rings. The molecule has 1 aliphatic heterocycles. The second-order valence-electron chi connectivity index (χ2n) is 3.75. The minimum absolute atomic E-state index is 0.0719. The van der Waals surface area contributed by atoms with Crippen molar-refractivity contribution in [2.45, 2.75) is 31.9 Å². The zero-order valence-corrected chi connectivity index (χ0v) is 8.28. The molecule has 1 aliphatic rings. The third kappa shape index (κ3) is 1.52. The summed E-state index contributed by atoms with van der Waals surface area (Å²) < 4.78 is 10.5. The van der Waals surface area contributed by atoms with Crippen molar-refractivity contribution in [2.24, 2.45) is 0 Å². The zero-order valence-electron chi connectivity index (χ0n) is 8.28. The number of nitrogens with zero attached hydrogens (tertiary/aromatic N) is 2. The first-order valence-electron chi connectivity index (χ1n) is 4.59. The number of nitrogens with one attached hydrogen (secondary N) is 1. The number of aromatic nitrogens is 2. The van der Waals surface area contributed by atoms with Crippen molar-refractivity contribution in [1.29, 1.82) is 0 Å². The third-order valence-corrected chi connectivity index (χ3v) is 2.72. The minimum atomic E-state index is -0.154. The van der Waals surface area contributed by atoms with Crippen molar-refractivity contribution in [3.05, 3.63) is 0 Å². The van der Waals surface area contributed by atoms with Crippen LogP contribution in [0.2, 0.25) is 0 Å². The van der Waals surface area contributed by atoms with Crippen LogP contribution in [-0.4, -0.2) is 28.4 Å². The van der Waals surface area contributed by atoms with Gasteiger partial charge in [-0.15, -0.1) is 0 Å². The summed E-state index contributed by atoms with van der Waals surface area (Å²) in [6, 6.07) is 0.421. The maximum absolute atomic E-state index is 5.46. The predicted molar refractivity (Wildman–Crippen MR) is 50.8 cm³/mol. The zero-order chi connectivity index (χ0) is 10.2. The van der Waals surface area contributed by atoms with E-state index in [1.165, 1.54) is 0 Å². The van der Waals surface area contributed by atoms with Gasteiger partial charge in [0, 0.05) is 6.61 Å². The molecule has 0 aliphatic carbocycles. The monoisotopic (exact) mass is 198 g/mol. The molecule has 1 saturated heterocycles. The van der Waals surface area contributed by atoms with Crippen molar-refractivity contribution in [3.63, 3.8) is 0 Å². The number of hydrogen-bond donors (Lipinski definition) is 2. The fourth-order valence-electron chi connectivity index (χ4n) is 1.53. The van der Waals surface area contributed by atoms with Crippen molar-refractivity contribution >= 4 is 12.0 Å². The summed E-state index contributed by atoms with van der Waals surface area (Å²) in [7, 11) is 0. The lowest BCUT2D eigenvalue weighted by molar-refractivity contribution is 0.104. The molecule has 2 heterocycles. The highest BCUT2D eigenvalue weighted by Gasteiger charge is 2.38. The largest absolute Gasteiger partial charge is 0.390 e. The molecule has 0 radical (unpaired) electrons. The average Bonchev–Trinajstić information content (AvgIpc) is 2.62. The van der Waals surface area contributed by atoms with E-state index in [1.807, 2.05) is 6.92 Å². The Labute approximate surface area is 81.8 Å². The summed E-state index contributed by atoms with van der Waals surface area (Å²) in [6.07, 6.45) is 1.03. The molecule has 14 heavy (non-hydrogen) atoms. The Morgan fingerprint density at radius 3 is 2.86 bits per heavy atom. The summed E-state index contributed by atoms with van der Waals surface area (Å²) >= 11 is 0. The third-order valence-electron chi connectivity index (χ3n) is 2.72. The van der Waals surface area contributed by atoms with Crippen LogP contribution in [0.25, 0.3) is 0 Å². The van der Waals surface area contributed by atoms with Gasteiger partial charge in [0.05, 0.1) is 11.6 Å². The smallest absolute Gasteiger partial charge is 0.317 e. The Hall–Kier alpha value is -1.30. The van der Waals surface area contributed by atoms with Gasteiger partial charge in [-0.3, -0.25) is 0 Å². The van der Waals surface area contributed by atoms with E-state index < -0.39 is 0 Å². The maximum atomic E-state index is 5.46. The molecule has 78 valence electrons. The lowest BCUT2D eigenvalue weighted by Crippen LogP contribution is -2.41. The van der Waals surface area contributed by atoms with E-state index in [0.29, 0.717) is 6.01 Å². The molecular weight excluding hydrogens is 184 g/mol. The Morgan fingerprint density at radius 2 is 2.36 bits per heavy atom. The number of ether oxygens (including phenoxy) is 1. The van der Waals surface area contributed by atoms with E-state index in [0.717, 1.165) is 13.0 Å². The van der Waals surface area contributed by atoms with Crippen molar-refractivity contribution in [2.75, 3.05) is 17.7 Å². The SMILES string of the molecule is CC1OCCC1(C)Nc1nnc(N)o1. The molecule has 0 spiro atoms. The number of rotatable bonds is 2. The summed E-state index contributed by atoms with van der Waals surface area (Å²) in [5, 5.41) is 10.5. The second kappa shape index (κ2) is 3.13. The van der Waals surface area contributed by atoms with Gasteiger partial charge in [0.25, 0.3) is 0 Å². The number of anilines is 2. The highest BCUT2D eigenvalue weighted by molar-refractivity contribution is 5.28. The van der Waals surface area contributed by atoms with Crippen LogP contribution in [0.4, 0.5) is 12.0 Å². The van der Waals surface area contributed by atoms with Gasteiger partial charge in [-0.25, -0.2) is 0 Å². The van der Waals surface area contributed by atoms with Crippen LogP contribution in [0, 0.1) is 0 Å². The molecule has 6 nitrogen and oxygen atoms in total. The van der Waals surface area contributed by atoms with Crippen LogP contribution in [0.15, 0.2) is 4.42 Å². The maximum Gasteiger partial charge on any atom is 0.317 e. The molecule has 6 heteroatoms. The number of nitrogen functional groups attached to an aromatic ring is 1. The molecular formula is C8H14N4O2. The van der Waals surface area contributed by atoms with E-state index >= 15 is 0 Å². The van der Waals surface area contributed by atoms with E-state index in [-0.39, 0.29) is 17.7 Å². The quantitative estimate of drug-likeness (QED) is 0.724. The molecule has 2 rings (SSSR count). The highest BCUT2D eigenvalue weighted by Crippen LogP contribution is 2.28. The van der Waals surface area contributed by atoms with Crippen LogP contribution in [0.1, 0.15) is 20.3 Å². The molecule has 0 bridgehead atoms. The Kier molecular flexibility index (Phi) is 2.07. The highest BCUT2D eigenvalue weighted by atomic mass is 16.5. The van der Waals surface area contributed by atoms with Gasteiger partial charge in [0.1, 0.15) is 0 Å². The van der Waals surface area contributed by atoms with Gasteiger partial charge in [-0.2, -0.15) is 0 Å². The summed E-state index contributed by atoms with van der Waals surface area (Å²) in [6.45, 7) is 4.82. The van der Waals surface area contributed by atoms with Crippen molar-refractivity contribution in [1.82, 2.24) is 10.2 Å². The van der Waals surface area contributed by atoms with Gasteiger partial charge < -0.3 is 20.2 Å². The molecule has 1 aromatic rings. The van der Waals surface area contributed by atoms with Crippen LogP contribution in [0.5, 0.6) is 0 Å². The van der Waals surface area contributed by atoms with E-state index in [1.54, 1.807) is 0 Å². The van der Waals surface area contributed by atoms with Gasteiger partial charge >= 0.3 is 12.0 Å². The van der Waals surface area contributed by atoms with Gasteiger partial charge in [0.2, 0.25) is 0 Å². The van der Waals surface area contributed by atoms with Gasteiger partial charge in [-0.05, 0) is 20.3 Å². The first-order chi connectivity index (χ1) is 6.60.